The Kier molecular flexibility index (Phi) is 7.83. The molecule has 0 radical (unpaired) electrons. The van der Waals surface area contributed by atoms with Gasteiger partial charge < -0.3 is 20.6 Å². The predicted molar refractivity (Wildman–Crippen MR) is 148 cm³/mol. The fourth-order valence-corrected chi connectivity index (χ4v) is 10.9. The molecule has 5 rings (SSSR count). The molecule has 1 heterocycles. The summed E-state index contributed by atoms with van der Waals surface area (Å²) in [6, 6.07) is 3.86. The summed E-state index contributed by atoms with van der Waals surface area (Å²) in [5, 5.41) is 36.8. The second kappa shape index (κ2) is 10.4. The van der Waals surface area contributed by atoms with Crippen LogP contribution >= 0.6 is 22.9 Å². The van der Waals surface area contributed by atoms with E-state index in [1.54, 1.807) is 0 Å². The van der Waals surface area contributed by atoms with Crippen molar-refractivity contribution in [1.29, 1.82) is 0 Å². The molecule has 0 aromatic carbocycles. The number of halogens is 1. The van der Waals surface area contributed by atoms with E-state index < -0.39 is 6.10 Å². The summed E-state index contributed by atoms with van der Waals surface area (Å²) in [7, 11) is 0. The van der Waals surface area contributed by atoms with Crippen LogP contribution in [0.1, 0.15) is 96.4 Å². The standard InChI is InChI=1S/C30H46ClNO4S/c1-5-22(24-8-9-26(31)37-24)32-27(36)12-16(2)19-6-7-20-28-21(15-25(35)30(19,20)4)29(3)11-10-18(33)13-17(29)14-23(28)34/h8-9,16-23,25,28,33-35H,5-7,10-15H2,1-4H3,(H,32,36)/t16-,17?,18-,19?,20+,21+,22?,23-,25+,28?,29?,30?/m1/s1. The average Bonchev–Trinajstić information content (AvgIpc) is 3.43. The Balaban J connectivity index is 1.30. The lowest BCUT2D eigenvalue weighted by atomic mass is 9.43. The summed E-state index contributed by atoms with van der Waals surface area (Å²) in [5.74, 6) is 1.56. The monoisotopic (exact) mass is 551 g/mol. The van der Waals surface area contributed by atoms with E-state index in [-0.39, 0.29) is 58.7 Å². The Morgan fingerprint density at radius 3 is 2.57 bits per heavy atom. The van der Waals surface area contributed by atoms with Crippen LogP contribution in [0.4, 0.5) is 0 Å². The highest BCUT2D eigenvalue weighted by molar-refractivity contribution is 7.16. The van der Waals surface area contributed by atoms with Crippen LogP contribution in [-0.4, -0.2) is 39.5 Å². The minimum absolute atomic E-state index is 0.0229. The highest BCUT2D eigenvalue weighted by Crippen LogP contribution is 2.68. The van der Waals surface area contributed by atoms with E-state index in [2.05, 4.69) is 33.0 Å². The molecule has 7 heteroatoms. The number of thiophene rings is 1. The molecule has 37 heavy (non-hydrogen) atoms. The highest BCUT2D eigenvalue weighted by atomic mass is 35.5. The van der Waals surface area contributed by atoms with E-state index in [0.717, 1.165) is 60.6 Å². The van der Waals surface area contributed by atoms with Crippen molar-refractivity contribution < 1.29 is 20.1 Å². The Hall–Kier alpha value is -0.660. The first-order chi connectivity index (χ1) is 17.5. The Bertz CT molecular complexity index is 987. The van der Waals surface area contributed by atoms with Crippen molar-refractivity contribution in [1.82, 2.24) is 5.32 Å². The average molecular weight is 552 g/mol. The lowest BCUT2D eigenvalue weighted by Crippen LogP contribution is -2.62. The molecular weight excluding hydrogens is 506 g/mol. The first-order valence-corrected chi connectivity index (χ1v) is 15.8. The zero-order valence-corrected chi connectivity index (χ0v) is 24.4. The molecule has 0 spiro atoms. The topological polar surface area (TPSA) is 89.8 Å². The quantitative estimate of drug-likeness (QED) is 0.351. The summed E-state index contributed by atoms with van der Waals surface area (Å²) in [5.41, 5.74) is -0.209. The Morgan fingerprint density at radius 1 is 1.14 bits per heavy atom. The van der Waals surface area contributed by atoms with Gasteiger partial charge in [-0.25, -0.2) is 0 Å². The van der Waals surface area contributed by atoms with E-state index >= 15 is 0 Å². The van der Waals surface area contributed by atoms with Crippen LogP contribution < -0.4 is 5.32 Å². The van der Waals surface area contributed by atoms with Crippen molar-refractivity contribution >= 4 is 28.8 Å². The van der Waals surface area contributed by atoms with Gasteiger partial charge in [-0.2, -0.15) is 0 Å². The van der Waals surface area contributed by atoms with Crippen molar-refractivity contribution in [3.05, 3.63) is 21.3 Å². The number of aliphatic hydroxyl groups is 3. The number of hydrogen-bond donors (Lipinski definition) is 4. The number of nitrogens with one attached hydrogen (secondary N) is 1. The van der Waals surface area contributed by atoms with Crippen molar-refractivity contribution in [2.24, 2.45) is 46.3 Å². The highest BCUT2D eigenvalue weighted by Gasteiger charge is 2.65. The summed E-state index contributed by atoms with van der Waals surface area (Å²) < 4.78 is 0.736. The minimum Gasteiger partial charge on any atom is -0.393 e. The number of fused-ring (bicyclic) bond motifs is 5. The normalized spacial score (nSPS) is 44.9. The van der Waals surface area contributed by atoms with E-state index in [9.17, 15) is 20.1 Å². The van der Waals surface area contributed by atoms with Gasteiger partial charge in [0, 0.05) is 11.3 Å². The lowest BCUT2D eigenvalue weighted by Gasteiger charge is -2.63. The molecule has 4 aliphatic rings. The van der Waals surface area contributed by atoms with Gasteiger partial charge in [-0.05, 0) is 110 Å². The maximum Gasteiger partial charge on any atom is 0.220 e. The van der Waals surface area contributed by atoms with Crippen LogP contribution in [0.15, 0.2) is 12.1 Å². The molecule has 4 aliphatic carbocycles. The van der Waals surface area contributed by atoms with E-state index in [1.807, 2.05) is 12.1 Å². The third-order valence-corrected chi connectivity index (χ3v) is 13.1. The van der Waals surface area contributed by atoms with Crippen LogP contribution in [0.3, 0.4) is 0 Å². The molecule has 4 N–H and O–H groups in total. The largest absolute Gasteiger partial charge is 0.393 e. The van der Waals surface area contributed by atoms with Crippen molar-refractivity contribution in [3.63, 3.8) is 0 Å². The molecule has 0 aliphatic heterocycles. The maximum absolute atomic E-state index is 13.1. The van der Waals surface area contributed by atoms with Crippen LogP contribution in [-0.2, 0) is 4.79 Å². The van der Waals surface area contributed by atoms with Gasteiger partial charge in [-0.3, -0.25) is 4.79 Å². The van der Waals surface area contributed by atoms with Crippen LogP contribution in [0.5, 0.6) is 0 Å². The predicted octanol–water partition coefficient (Wildman–Crippen LogP) is 5.96. The molecule has 1 aromatic heterocycles. The zero-order valence-electron chi connectivity index (χ0n) is 22.8. The fraction of sp³-hybridized carbons (Fsp3) is 0.833. The fourth-order valence-electron chi connectivity index (χ4n) is 9.71. The van der Waals surface area contributed by atoms with Gasteiger partial charge in [0.25, 0.3) is 0 Å². The minimum atomic E-state index is -0.428. The lowest BCUT2D eigenvalue weighted by molar-refractivity contribution is -0.207. The van der Waals surface area contributed by atoms with Gasteiger partial charge >= 0.3 is 0 Å². The number of amides is 1. The molecule has 12 atom stereocenters. The van der Waals surface area contributed by atoms with Gasteiger partial charge in [0.15, 0.2) is 0 Å². The number of carbonyl (C=O) groups is 1. The summed E-state index contributed by atoms with van der Waals surface area (Å²) in [6.45, 7) is 8.87. The van der Waals surface area contributed by atoms with Crippen molar-refractivity contribution in [3.8, 4) is 0 Å². The Labute approximate surface area is 231 Å². The molecule has 1 amide bonds. The number of hydrogen-bond acceptors (Lipinski definition) is 5. The smallest absolute Gasteiger partial charge is 0.220 e. The summed E-state index contributed by atoms with van der Waals surface area (Å²) in [4.78, 5) is 14.2. The second-order valence-corrected chi connectivity index (χ2v) is 15.1. The number of rotatable bonds is 6. The maximum atomic E-state index is 13.1. The summed E-state index contributed by atoms with van der Waals surface area (Å²) >= 11 is 7.65. The summed E-state index contributed by atoms with van der Waals surface area (Å²) in [6.07, 6.45) is 6.31. The van der Waals surface area contributed by atoms with Crippen molar-refractivity contribution in [2.45, 2.75) is 110 Å². The van der Waals surface area contributed by atoms with E-state index in [0.29, 0.717) is 18.3 Å². The van der Waals surface area contributed by atoms with Crippen LogP contribution in [0, 0.1) is 46.3 Å². The van der Waals surface area contributed by atoms with Gasteiger partial charge in [0.2, 0.25) is 5.91 Å². The van der Waals surface area contributed by atoms with Crippen LogP contribution in [0.2, 0.25) is 4.34 Å². The molecular formula is C30H46ClNO4S. The second-order valence-electron chi connectivity index (χ2n) is 13.4. The molecule has 0 saturated heterocycles. The first-order valence-electron chi connectivity index (χ1n) is 14.6. The van der Waals surface area contributed by atoms with E-state index in [4.69, 9.17) is 11.6 Å². The SMILES string of the molecule is CCC(NC(=O)C[C@@H](C)C1CC[C@H]2C3[C@H](O)CC4C[C@H](O)CCC4(C)[C@H]3C[C@H](O)C12C)c1ccc(Cl)s1. The third kappa shape index (κ3) is 4.71. The molecule has 0 bridgehead atoms. The first kappa shape index (κ1) is 27.9. The molecule has 1 aromatic rings. The molecule has 4 fully saturated rings. The van der Waals surface area contributed by atoms with Crippen LogP contribution in [0.25, 0.3) is 0 Å². The number of carbonyl (C=O) groups excluding carboxylic acids is 1. The molecule has 208 valence electrons. The molecule has 4 saturated carbocycles. The third-order valence-electron chi connectivity index (χ3n) is 11.7. The molecule has 6 unspecified atom stereocenters. The molecule has 5 nitrogen and oxygen atoms in total. The van der Waals surface area contributed by atoms with Gasteiger partial charge in [-0.15, -0.1) is 11.3 Å². The van der Waals surface area contributed by atoms with E-state index in [1.165, 1.54) is 11.3 Å². The number of aliphatic hydroxyl groups excluding tert-OH is 3. The van der Waals surface area contributed by atoms with Crippen molar-refractivity contribution in [2.75, 3.05) is 0 Å². The van der Waals surface area contributed by atoms with Gasteiger partial charge in [-0.1, -0.05) is 39.3 Å². The Morgan fingerprint density at radius 2 is 1.89 bits per heavy atom. The zero-order chi connectivity index (χ0) is 26.7. The van der Waals surface area contributed by atoms with Gasteiger partial charge in [0.1, 0.15) is 0 Å². The van der Waals surface area contributed by atoms with Gasteiger partial charge in [0.05, 0.1) is 28.7 Å².